The van der Waals surface area contributed by atoms with Gasteiger partial charge in [0.15, 0.2) is 0 Å². The summed E-state index contributed by atoms with van der Waals surface area (Å²) in [6.45, 7) is 4.19. The van der Waals surface area contributed by atoms with Crippen LogP contribution < -0.4 is 0 Å². The molecule has 0 atom stereocenters. The van der Waals surface area contributed by atoms with Crippen LogP contribution in [0.4, 0.5) is 0 Å². The quantitative estimate of drug-likeness (QED) is 0.363. The van der Waals surface area contributed by atoms with Crippen LogP contribution in [0.25, 0.3) is 0 Å². The van der Waals surface area contributed by atoms with Gasteiger partial charge in [0.25, 0.3) is 0 Å². The first kappa shape index (κ1) is 5.24. The summed E-state index contributed by atoms with van der Waals surface area (Å²) >= 11 is 0.543. The van der Waals surface area contributed by atoms with E-state index in [2.05, 4.69) is 6.58 Å². The van der Waals surface area contributed by atoms with Gasteiger partial charge in [-0.05, 0) is 0 Å². The molecule has 0 bridgehead atoms. The molecular weight excluding hydrogens is 125 g/mol. The van der Waals surface area contributed by atoms with E-state index in [-0.39, 0.29) is 0 Å². The molecule has 0 rings (SSSR count). The average molecular weight is 133 g/mol. The zero-order valence-electron chi connectivity index (χ0n) is 3.40. The third-order valence-electron chi connectivity index (χ3n) is 0.285. The number of rotatable bonds is 2. The van der Waals surface area contributed by atoms with E-state index >= 15 is 0 Å². The molecule has 1 nitrogen and oxygen atoms in total. The van der Waals surface area contributed by atoms with Crippen LogP contribution >= 0.6 is 0 Å². The van der Waals surface area contributed by atoms with E-state index in [1.54, 1.807) is 6.08 Å². The third-order valence-corrected chi connectivity index (χ3v) is 0.984. The summed E-state index contributed by atoms with van der Waals surface area (Å²) in [6.07, 6.45) is 1.76. The zero-order chi connectivity index (χ0) is 4.12. The van der Waals surface area contributed by atoms with E-state index < -0.39 is 0 Å². The van der Waals surface area contributed by atoms with Gasteiger partial charge in [-0.25, -0.2) is 0 Å². The first-order valence-electron chi connectivity index (χ1n) is 1.51. The van der Waals surface area contributed by atoms with Crippen LogP contribution in [0.3, 0.4) is 0 Å². The molecule has 30 valence electrons. The minimum atomic E-state index is 0.543. The Morgan fingerprint density at radius 2 is 2.60 bits per heavy atom. The monoisotopic (exact) mass is 134 g/mol. The van der Waals surface area contributed by atoms with Gasteiger partial charge < -0.3 is 0 Å². The van der Waals surface area contributed by atoms with Gasteiger partial charge in [-0.1, -0.05) is 0 Å². The standard InChI is InChI=1S/C3H8GeO/c1-2-3-5-4/h2H,1,3H2,4H3. The van der Waals surface area contributed by atoms with E-state index in [9.17, 15) is 0 Å². The molecule has 0 fully saturated rings. The van der Waals surface area contributed by atoms with Crippen LogP contribution in [0.2, 0.25) is 0 Å². The van der Waals surface area contributed by atoms with Gasteiger partial charge in [-0.3, -0.25) is 0 Å². The number of hydrogen-bond donors (Lipinski definition) is 0. The first-order valence-corrected chi connectivity index (χ1v) is 3.23. The third kappa shape index (κ3) is 4.24. The summed E-state index contributed by atoms with van der Waals surface area (Å²) in [6, 6.07) is 0. The summed E-state index contributed by atoms with van der Waals surface area (Å²) in [5, 5.41) is 0. The van der Waals surface area contributed by atoms with Gasteiger partial charge in [-0.15, -0.1) is 0 Å². The second kappa shape index (κ2) is 4.24. The van der Waals surface area contributed by atoms with Gasteiger partial charge >= 0.3 is 39.9 Å². The van der Waals surface area contributed by atoms with E-state index in [4.69, 9.17) is 3.76 Å². The Kier molecular flexibility index (Phi) is 4.45. The van der Waals surface area contributed by atoms with Crippen LogP contribution in [0.1, 0.15) is 0 Å². The summed E-state index contributed by atoms with van der Waals surface area (Å²) in [4.78, 5) is 0. The van der Waals surface area contributed by atoms with Crippen molar-refractivity contribution in [3.63, 3.8) is 0 Å². The molecule has 0 aromatic rings. The van der Waals surface area contributed by atoms with E-state index in [1.807, 2.05) is 0 Å². The predicted octanol–water partition coefficient (Wildman–Crippen LogP) is -0.531. The van der Waals surface area contributed by atoms with Crippen molar-refractivity contribution in [1.82, 2.24) is 0 Å². The van der Waals surface area contributed by atoms with Crippen LogP contribution in [0.15, 0.2) is 12.7 Å². The van der Waals surface area contributed by atoms with Crippen molar-refractivity contribution in [2.24, 2.45) is 0 Å². The van der Waals surface area contributed by atoms with Crippen molar-refractivity contribution >= 4 is 16.9 Å². The molecule has 0 radical (unpaired) electrons. The Morgan fingerprint density at radius 1 is 2.00 bits per heavy atom. The average Bonchev–Trinajstić information content (AvgIpc) is 1.41. The van der Waals surface area contributed by atoms with Crippen LogP contribution in [0.5, 0.6) is 0 Å². The molecule has 0 aromatic carbocycles. The van der Waals surface area contributed by atoms with E-state index in [0.29, 0.717) is 16.9 Å². The Hall–Kier alpha value is 0.243. The second-order valence-corrected chi connectivity index (χ2v) is 1.96. The molecule has 0 saturated heterocycles. The van der Waals surface area contributed by atoms with Crippen molar-refractivity contribution in [3.8, 4) is 0 Å². The molecule has 0 aliphatic heterocycles. The normalized spacial score (nSPS) is 8.00. The van der Waals surface area contributed by atoms with Crippen molar-refractivity contribution in [2.75, 3.05) is 6.61 Å². The fourth-order valence-corrected chi connectivity index (χ4v) is 0.612. The molecule has 0 unspecified atom stereocenters. The topological polar surface area (TPSA) is 9.23 Å². The Morgan fingerprint density at radius 3 is 2.60 bits per heavy atom. The van der Waals surface area contributed by atoms with Crippen molar-refractivity contribution in [1.29, 1.82) is 0 Å². The van der Waals surface area contributed by atoms with Crippen LogP contribution in [-0.4, -0.2) is 23.5 Å². The van der Waals surface area contributed by atoms with Crippen molar-refractivity contribution < 1.29 is 3.76 Å². The molecule has 0 aliphatic carbocycles. The van der Waals surface area contributed by atoms with E-state index in [1.165, 1.54) is 0 Å². The van der Waals surface area contributed by atoms with E-state index in [0.717, 1.165) is 6.61 Å². The van der Waals surface area contributed by atoms with Crippen LogP contribution in [-0.2, 0) is 3.76 Å². The van der Waals surface area contributed by atoms with Gasteiger partial charge in [0.1, 0.15) is 0 Å². The summed E-state index contributed by atoms with van der Waals surface area (Å²) in [5.74, 6) is 0. The molecule has 2 heteroatoms. The summed E-state index contributed by atoms with van der Waals surface area (Å²) in [5.41, 5.74) is 0. The Balaban J connectivity index is 2.40. The van der Waals surface area contributed by atoms with Crippen molar-refractivity contribution in [3.05, 3.63) is 12.7 Å². The summed E-state index contributed by atoms with van der Waals surface area (Å²) in [7, 11) is 0. The Bertz CT molecular complexity index is 28.1. The fourth-order valence-electron chi connectivity index (χ4n) is 0.118. The summed E-state index contributed by atoms with van der Waals surface area (Å²) < 4.78 is 4.76. The molecule has 0 aromatic heterocycles. The maximum absolute atomic E-state index is 4.76. The van der Waals surface area contributed by atoms with Crippen LogP contribution in [0, 0.1) is 0 Å². The molecule has 0 amide bonds. The predicted molar refractivity (Wildman–Crippen MR) is 26.1 cm³/mol. The first-order chi connectivity index (χ1) is 2.41. The molecular formula is C3H8GeO. The molecule has 0 heterocycles. The van der Waals surface area contributed by atoms with Crippen molar-refractivity contribution in [2.45, 2.75) is 0 Å². The minimum absolute atomic E-state index is 0.543. The zero-order valence-corrected chi connectivity index (χ0v) is 7.60. The maximum atomic E-state index is 4.76. The van der Waals surface area contributed by atoms with Gasteiger partial charge in [0, 0.05) is 0 Å². The van der Waals surface area contributed by atoms with Gasteiger partial charge in [0.05, 0.1) is 0 Å². The molecule has 0 spiro atoms. The van der Waals surface area contributed by atoms with Gasteiger partial charge in [-0.2, -0.15) is 0 Å². The number of hydrogen-bond acceptors (Lipinski definition) is 1. The molecule has 0 N–H and O–H groups in total. The molecule has 5 heavy (non-hydrogen) atoms. The SMILES string of the molecule is C=CC[O][GeH3]. The Labute approximate surface area is 40.6 Å². The fraction of sp³-hybridized carbons (Fsp3) is 0.333. The second-order valence-electron chi connectivity index (χ2n) is 0.744. The molecule has 0 aliphatic rings. The molecule has 0 saturated carbocycles. The van der Waals surface area contributed by atoms with Gasteiger partial charge in [0.2, 0.25) is 0 Å².